The number of carbonyl (C=O) groups is 1. The van der Waals surface area contributed by atoms with Gasteiger partial charge in [-0.2, -0.15) is 0 Å². The van der Waals surface area contributed by atoms with E-state index in [1.54, 1.807) is 0 Å². The van der Waals surface area contributed by atoms with Crippen LogP contribution in [0.4, 0.5) is 0 Å². The molecule has 0 heterocycles. The molecule has 1 atom stereocenters. The number of hydrogen-bond donors (Lipinski definition) is 0. The fraction of sp³-hybridized carbons (Fsp3) is 0.500. The van der Waals surface area contributed by atoms with E-state index in [4.69, 9.17) is 16.5 Å². The molecule has 18 heavy (non-hydrogen) atoms. The molecule has 0 aliphatic rings. The molecule has 0 aliphatic heterocycles. The van der Waals surface area contributed by atoms with Gasteiger partial charge < -0.3 is 4.74 Å². The first-order chi connectivity index (χ1) is 8.54. The largest absolute Gasteiger partial charge is 0.468 e. The number of halogens is 1. The zero-order valence-corrected chi connectivity index (χ0v) is 11.9. The summed E-state index contributed by atoms with van der Waals surface area (Å²) in [6.07, 6.45) is 0.684. The topological polar surface area (TPSA) is 29.5 Å². The second kappa shape index (κ2) is 7.39. The van der Waals surface area contributed by atoms with Crippen molar-refractivity contribution in [1.29, 1.82) is 0 Å². The summed E-state index contributed by atoms with van der Waals surface area (Å²) in [5.41, 5.74) is 1.07. The second-order valence-electron chi connectivity index (χ2n) is 4.71. The predicted octanol–water partition coefficient (Wildman–Crippen LogP) is 3.23. The van der Waals surface area contributed by atoms with Crippen molar-refractivity contribution in [2.75, 3.05) is 7.11 Å². The maximum absolute atomic E-state index is 11.7. The molecule has 0 aliphatic carbocycles. The van der Waals surface area contributed by atoms with Gasteiger partial charge in [-0.3, -0.25) is 4.79 Å². The van der Waals surface area contributed by atoms with Crippen molar-refractivity contribution in [1.82, 2.24) is 4.42 Å². The molecule has 0 saturated heterocycles. The Labute approximate surface area is 114 Å². The maximum atomic E-state index is 11.7. The normalized spacial score (nSPS) is 12.8. The van der Waals surface area contributed by atoms with Gasteiger partial charge in [-0.05, 0) is 29.7 Å². The predicted molar refractivity (Wildman–Crippen MR) is 73.1 cm³/mol. The van der Waals surface area contributed by atoms with Crippen LogP contribution in [0, 0.1) is 5.92 Å². The van der Waals surface area contributed by atoms with Crippen molar-refractivity contribution in [3.8, 4) is 0 Å². The number of carbonyl (C=O) groups excluding carboxylic acids is 1. The molecule has 0 aromatic heterocycles. The van der Waals surface area contributed by atoms with Gasteiger partial charge in [-0.25, -0.2) is 4.42 Å². The van der Waals surface area contributed by atoms with Gasteiger partial charge in [-0.1, -0.05) is 44.2 Å². The highest BCUT2D eigenvalue weighted by Crippen LogP contribution is 2.18. The highest BCUT2D eigenvalue weighted by atomic mass is 35.5. The molecule has 0 fully saturated rings. The van der Waals surface area contributed by atoms with Crippen LogP contribution >= 0.6 is 11.8 Å². The van der Waals surface area contributed by atoms with Crippen LogP contribution in [0.25, 0.3) is 0 Å². The number of benzene rings is 1. The summed E-state index contributed by atoms with van der Waals surface area (Å²) < 4.78 is 6.34. The van der Waals surface area contributed by atoms with E-state index in [0.29, 0.717) is 18.9 Å². The highest BCUT2D eigenvalue weighted by molar-refractivity contribution is 6.14. The molecule has 0 bridgehead atoms. The SMILES string of the molecule is COC(=O)[C@H](CC(C)C)N(Cl)Cc1ccccc1. The van der Waals surface area contributed by atoms with Gasteiger partial charge in [0.2, 0.25) is 0 Å². The molecule has 0 unspecified atom stereocenters. The summed E-state index contributed by atoms with van der Waals surface area (Å²) in [6, 6.07) is 9.43. The van der Waals surface area contributed by atoms with E-state index in [9.17, 15) is 4.79 Å². The van der Waals surface area contributed by atoms with Crippen LogP contribution < -0.4 is 0 Å². The lowest BCUT2D eigenvalue weighted by Gasteiger charge is -2.24. The Morgan fingerprint density at radius 1 is 1.33 bits per heavy atom. The molecule has 0 radical (unpaired) electrons. The first-order valence-electron chi connectivity index (χ1n) is 6.08. The summed E-state index contributed by atoms with van der Waals surface area (Å²) >= 11 is 6.23. The minimum atomic E-state index is -0.406. The lowest BCUT2D eigenvalue weighted by molar-refractivity contribution is -0.145. The first-order valence-corrected chi connectivity index (χ1v) is 6.42. The van der Waals surface area contributed by atoms with E-state index in [1.807, 2.05) is 30.3 Å². The van der Waals surface area contributed by atoms with Crippen LogP contribution in [0.15, 0.2) is 30.3 Å². The van der Waals surface area contributed by atoms with Crippen molar-refractivity contribution in [3.05, 3.63) is 35.9 Å². The van der Waals surface area contributed by atoms with Crippen LogP contribution in [-0.2, 0) is 16.1 Å². The number of ether oxygens (including phenoxy) is 1. The van der Waals surface area contributed by atoms with Crippen molar-refractivity contribution >= 4 is 17.7 Å². The molecule has 3 nitrogen and oxygen atoms in total. The minimum Gasteiger partial charge on any atom is -0.468 e. The zero-order valence-electron chi connectivity index (χ0n) is 11.1. The van der Waals surface area contributed by atoms with E-state index in [2.05, 4.69) is 13.8 Å². The molecule has 0 N–H and O–H groups in total. The number of esters is 1. The number of methoxy groups -OCH3 is 1. The molecule has 100 valence electrons. The van der Waals surface area contributed by atoms with E-state index < -0.39 is 6.04 Å². The van der Waals surface area contributed by atoms with E-state index >= 15 is 0 Å². The van der Waals surface area contributed by atoms with Gasteiger partial charge in [0, 0.05) is 6.54 Å². The fourth-order valence-electron chi connectivity index (χ4n) is 1.78. The van der Waals surface area contributed by atoms with Crippen LogP contribution in [-0.4, -0.2) is 23.5 Å². The number of hydrogen-bond acceptors (Lipinski definition) is 3. The third-order valence-electron chi connectivity index (χ3n) is 2.68. The van der Waals surface area contributed by atoms with Gasteiger partial charge in [0.15, 0.2) is 0 Å². The fourth-order valence-corrected chi connectivity index (χ4v) is 2.07. The minimum absolute atomic E-state index is 0.283. The lowest BCUT2D eigenvalue weighted by Crippen LogP contribution is -2.36. The molecule has 0 spiro atoms. The monoisotopic (exact) mass is 269 g/mol. The summed E-state index contributed by atoms with van der Waals surface area (Å²) in [7, 11) is 1.39. The lowest BCUT2D eigenvalue weighted by atomic mass is 10.0. The maximum Gasteiger partial charge on any atom is 0.324 e. The Morgan fingerprint density at radius 3 is 2.44 bits per heavy atom. The van der Waals surface area contributed by atoms with Crippen molar-refractivity contribution in [3.63, 3.8) is 0 Å². The Hall–Kier alpha value is -1.06. The molecule has 0 saturated carbocycles. The second-order valence-corrected chi connectivity index (χ2v) is 5.15. The van der Waals surface area contributed by atoms with E-state index in [0.717, 1.165) is 5.56 Å². The molecular weight excluding hydrogens is 250 g/mol. The highest BCUT2D eigenvalue weighted by Gasteiger charge is 2.26. The van der Waals surface area contributed by atoms with E-state index in [-0.39, 0.29) is 5.97 Å². The van der Waals surface area contributed by atoms with Crippen molar-refractivity contribution in [2.24, 2.45) is 5.92 Å². The molecule has 0 amide bonds. The number of rotatable bonds is 6. The summed E-state index contributed by atoms with van der Waals surface area (Å²) in [6.45, 7) is 4.64. The third-order valence-corrected chi connectivity index (χ3v) is 3.04. The first kappa shape index (κ1) is 15.0. The smallest absolute Gasteiger partial charge is 0.324 e. The van der Waals surface area contributed by atoms with Crippen LogP contribution in [0.5, 0.6) is 0 Å². The van der Waals surface area contributed by atoms with Gasteiger partial charge >= 0.3 is 5.97 Å². The average molecular weight is 270 g/mol. The molecule has 1 aromatic rings. The molecule has 1 aromatic carbocycles. The third kappa shape index (κ3) is 4.67. The summed E-state index contributed by atoms with van der Waals surface area (Å²) in [4.78, 5) is 11.7. The quantitative estimate of drug-likeness (QED) is 0.587. The Morgan fingerprint density at radius 2 is 1.94 bits per heavy atom. The summed E-state index contributed by atoms with van der Waals surface area (Å²) in [5.74, 6) is 0.0979. The van der Waals surface area contributed by atoms with E-state index in [1.165, 1.54) is 11.5 Å². The van der Waals surface area contributed by atoms with Crippen LogP contribution in [0.3, 0.4) is 0 Å². The van der Waals surface area contributed by atoms with Gasteiger partial charge in [0.05, 0.1) is 7.11 Å². The van der Waals surface area contributed by atoms with Gasteiger partial charge in [0.1, 0.15) is 6.04 Å². The summed E-state index contributed by atoms with van der Waals surface area (Å²) in [5, 5.41) is 0. The standard InChI is InChI=1S/C14H20ClNO2/c1-11(2)9-13(14(17)18-3)16(15)10-12-7-5-4-6-8-12/h4-8,11,13H,9-10H2,1-3H3/t13-/m0/s1. The average Bonchev–Trinajstić information content (AvgIpc) is 2.36. The van der Waals surface area contributed by atoms with Crippen LogP contribution in [0.1, 0.15) is 25.8 Å². The van der Waals surface area contributed by atoms with Gasteiger partial charge in [-0.15, -0.1) is 0 Å². The zero-order chi connectivity index (χ0) is 13.5. The Balaban J connectivity index is 2.70. The van der Waals surface area contributed by atoms with Gasteiger partial charge in [0.25, 0.3) is 0 Å². The molecule has 4 heteroatoms. The van der Waals surface area contributed by atoms with Crippen molar-refractivity contribution < 1.29 is 9.53 Å². The van der Waals surface area contributed by atoms with Crippen LogP contribution in [0.2, 0.25) is 0 Å². The Kier molecular flexibility index (Phi) is 6.16. The molecular formula is C14H20ClNO2. The number of nitrogens with zero attached hydrogens (tertiary/aromatic N) is 1. The Bertz CT molecular complexity index is 367. The molecule has 1 rings (SSSR count). The van der Waals surface area contributed by atoms with Crippen molar-refractivity contribution in [2.45, 2.75) is 32.9 Å².